The molecule has 0 unspecified atom stereocenters. The maximum Gasteiger partial charge on any atom is 0.350 e. The van der Waals surface area contributed by atoms with Gasteiger partial charge in [-0.1, -0.05) is 11.6 Å². The molecule has 19 heavy (non-hydrogen) atoms. The first-order valence-corrected chi connectivity index (χ1v) is 5.94. The van der Waals surface area contributed by atoms with Gasteiger partial charge in [0.25, 0.3) is 5.79 Å². The van der Waals surface area contributed by atoms with Crippen LogP contribution < -0.4 is 5.32 Å². The maximum absolute atomic E-state index is 11.6. The van der Waals surface area contributed by atoms with E-state index >= 15 is 0 Å². The van der Waals surface area contributed by atoms with Gasteiger partial charge in [0.15, 0.2) is 5.57 Å². The Labute approximate surface area is 115 Å². The highest BCUT2D eigenvalue weighted by Gasteiger charge is 2.38. The topological polar surface area (TPSA) is 64.6 Å². The molecule has 0 amide bonds. The summed E-state index contributed by atoms with van der Waals surface area (Å²) in [4.78, 5) is 23.3. The van der Waals surface area contributed by atoms with Crippen LogP contribution in [0.15, 0.2) is 36.0 Å². The number of carbonyl (C=O) groups excluding carboxylic acids is 2. The third-order valence-electron chi connectivity index (χ3n) is 2.34. The van der Waals surface area contributed by atoms with Crippen molar-refractivity contribution < 1.29 is 19.1 Å². The molecule has 0 spiro atoms. The summed E-state index contributed by atoms with van der Waals surface area (Å²) in [5.41, 5.74) is 0.497. The fourth-order valence-electron chi connectivity index (χ4n) is 1.48. The minimum absolute atomic E-state index is 0.186. The van der Waals surface area contributed by atoms with E-state index < -0.39 is 17.7 Å². The number of benzene rings is 1. The van der Waals surface area contributed by atoms with Crippen LogP contribution in [0.3, 0.4) is 0 Å². The molecule has 1 fully saturated rings. The van der Waals surface area contributed by atoms with Gasteiger partial charge in [-0.2, -0.15) is 0 Å². The summed E-state index contributed by atoms with van der Waals surface area (Å²) in [5, 5.41) is 3.40. The molecular formula is C13H12ClNO4. The van der Waals surface area contributed by atoms with E-state index in [-0.39, 0.29) is 5.57 Å². The van der Waals surface area contributed by atoms with Crippen LogP contribution in [0.5, 0.6) is 0 Å². The molecule has 6 heteroatoms. The molecule has 100 valence electrons. The average molecular weight is 282 g/mol. The number of rotatable bonds is 2. The Morgan fingerprint density at radius 2 is 1.63 bits per heavy atom. The average Bonchev–Trinajstić information content (AvgIpc) is 2.29. The van der Waals surface area contributed by atoms with Crippen LogP contribution in [0, 0.1) is 0 Å². The Morgan fingerprint density at radius 3 is 2.16 bits per heavy atom. The van der Waals surface area contributed by atoms with Crippen molar-refractivity contribution in [3.8, 4) is 0 Å². The Morgan fingerprint density at radius 1 is 1.11 bits per heavy atom. The van der Waals surface area contributed by atoms with Crippen LogP contribution in [-0.4, -0.2) is 17.7 Å². The summed E-state index contributed by atoms with van der Waals surface area (Å²) in [6, 6.07) is 6.79. The lowest BCUT2D eigenvalue weighted by Gasteiger charge is -2.29. The molecule has 1 aromatic rings. The number of ether oxygens (including phenoxy) is 2. The Balaban J connectivity index is 2.13. The van der Waals surface area contributed by atoms with E-state index in [1.54, 1.807) is 24.3 Å². The predicted molar refractivity (Wildman–Crippen MR) is 69.4 cm³/mol. The van der Waals surface area contributed by atoms with Crippen molar-refractivity contribution in [3.05, 3.63) is 41.1 Å². The van der Waals surface area contributed by atoms with Crippen molar-refractivity contribution in [3.63, 3.8) is 0 Å². The fraction of sp³-hybridized carbons (Fsp3) is 0.231. The van der Waals surface area contributed by atoms with Gasteiger partial charge in [-0.15, -0.1) is 0 Å². The standard InChI is InChI=1S/C13H12ClNO4/c1-13(2)18-11(16)10(12(17)19-13)7-15-9-5-3-8(14)4-6-9/h3-7,15H,1-2H3. The van der Waals surface area contributed by atoms with Crippen molar-refractivity contribution in [2.45, 2.75) is 19.6 Å². The first-order valence-electron chi connectivity index (χ1n) is 5.56. The summed E-state index contributed by atoms with van der Waals surface area (Å²) in [5.74, 6) is -2.67. The maximum atomic E-state index is 11.6. The smallest absolute Gasteiger partial charge is 0.350 e. The lowest BCUT2D eigenvalue weighted by atomic mass is 10.2. The van der Waals surface area contributed by atoms with Gasteiger partial charge in [-0.25, -0.2) is 9.59 Å². The van der Waals surface area contributed by atoms with Crippen LogP contribution >= 0.6 is 11.6 Å². The second-order valence-corrected chi connectivity index (χ2v) is 4.82. The first-order chi connectivity index (χ1) is 8.87. The number of cyclic esters (lactones) is 2. The second-order valence-electron chi connectivity index (χ2n) is 4.39. The van der Waals surface area contributed by atoms with Crippen molar-refractivity contribution in [2.24, 2.45) is 0 Å². The summed E-state index contributed by atoms with van der Waals surface area (Å²) < 4.78 is 9.91. The molecule has 5 nitrogen and oxygen atoms in total. The van der Waals surface area contributed by atoms with E-state index in [1.165, 1.54) is 20.0 Å². The number of hydrogen-bond donors (Lipinski definition) is 1. The first kappa shape index (κ1) is 13.4. The molecule has 0 aromatic heterocycles. The van der Waals surface area contributed by atoms with E-state index in [2.05, 4.69) is 5.32 Å². The number of anilines is 1. The fourth-order valence-corrected chi connectivity index (χ4v) is 1.61. The third-order valence-corrected chi connectivity index (χ3v) is 2.60. The minimum Gasteiger partial charge on any atom is -0.419 e. The number of hydrogen-bond acceptors (Lipinski definition) is 5. The molecule has 1 saturated heterocycles. The third kappa shape index (κ3) is 3.26. The number of nitrogens with one attached hydrogen (secondary N) is 1. The Hall–Kier alpha value is -2.01. The monoisotopic (exact) mass is 281 g/mol. The lowest BCUT2D eigenvalue weighted by molar-refractivity contribution is -0.222. The number of halogens is 1. The van der Waals surface area contributed by atoms with E-state index in [9.17, 15) is 9.59 Å². The van der Waals surface area contributed by atoms with Crippen LogP contribution in [-0.2, 0) is 19.1 Å². The van der Waals surface area contributed by atoms with Gasteiger partial charge in [0.2, 0.25) is 0 Å². The highest BCUT2D eigenvalue weighted by atomic mass is 35.5. The molecule has 1 aliphatic rings. The predicted octanol–water partition coefficient (Wildman–Crippen LogP) is 2.47. The molecule has 1 aliphatic heterocycles. The van der Waals surface area contributed by atoms with Crippen LogP contribution in [0.1, 0.15) is 13.8 Å². The Kier molecular flexibility index (Phi) is 3.48. The summed E-state index contributed by atoms with van der Waals surface area (Å²) in [6.07, 6.45) is 1.25. The molecular weight excluding hydrogens is 270 g/mol. The highest BCUT2D eigenvalue weighted by Crippen LogP contribution is 2.22. The SMILES string of the molecule is CC1(C)OC(=O)C(=CNc2ccc(Cl)cc2)C(=O)O1. The van der Waals surface area contributed by atoms with Crippen LogP contribution in [0.4, 0.5) is 5.69 Å². The molecule has 1 N–H and O–H groups in total. The zero-order chi connectivity index (χ0) is 14.0. The highest BCUT2D eigenvalue weighted by molar-refractivity contribution is 6.30. The van der Waals surface area contributed by atoms with Crippen molar-refractivity contribution >= 4 is 29.2 Å². The van der Waals surface area contributed by atoms with Gasteiger partial charge in [-0.3, -0.25) is 0 Å². The largest absolute Gasteiger partial charge is 0.419 e. The van der Waals surface area contributed by atoms with E-state index in [4.69, 9.17) is 21.1 Å². The molecule has 1 aromatic carbocycles. The van der Waals surface area contributed by atoms with Crippen LogP contribution in [0.25, 0.3) is 0 Å². The van der Waals surface area contributed by atoms with Crippen molar-refractivity contribution in [1.82, 2.24) is 0 Å². The lowest BCUT2D eigenvalue weighted by Crippen LogP contribution is -2.42. The molecule has 1 heterocycles. The second kappa shape index (κ2) is 4.93. The minimum atomic E-state index is -1.23. The normalized spacial score (nSPS) is 17.5. The molecule has 2 rings (SSSR count). The summed E-state index contributed by atoms with van der Waals surface area (Å²) in [6.45, 7) is 2.98. The molecule has 0 bridgehead atoms. The van der Waals surface area contributed by atoms with Gasteiger partial charge in [0, 0.05) is 30.8 Å². The molecule has 0 saturated carbocycles. The zero-order valence-corrected chi connectivity index (χ0v) is 11.2. The zero-order valence-electron chi connectivity index (χ0n) is 10.4. The van der Waals surface area contributed by atoms with Gasteiger partial charge < -0.3 is 14.8 Å². The van der Waals surface area contributed by atoms with Gasteiger partial charge in [-0.05, 0) is 24.3 Å². The Bertz CT molecular complexity index is 526. The van der Waals surface area contributed by atoms with E-state index in [0.29, 0.717) is 10.7 Å². The quantitative estimate of drug-likeness (QED) is 0.512. The van der Waals surface area contributed by atoms with E-state index in [0.717, 1.165) is 0 Å². The van der Waals surface area contributed by atoms with Crippen LogP contribution in [0.2, 0.25) is 5.02 Å². The number of esters is 2. The molecule has 0 aliphatic carbocycles. The van der Waals surface area contributed by atoms with Gasteiger partial charge in [0.05, 0.1) is 0 Å². The van der Waals surface area contributed by atoms with Gasteiger partial charge in [0.1, 0.15) is 0 Å². The number of carbonyl (C=O) groups is 2. The molecule has 0 radical (unpaired) electrons. The summed E-state index contributed by atoms with van der Waals surface area (Å²) in [7, 11) is 0. The van der Waals surface area contributed by atoms with Gasteiger partial charge >= 0.3 is 11.9 Å². The van der Waals surface area contributed by atoms with E-state index in [1.807, 2.05) is 0 Å². The summed E-state index contributed by atoms with van der Waals surface area (Å²) >= 11 is 5.75. The van der Waals surface area contributed by atoms with Crippen molar-refractivity contribution in [1.29, 1.82) is 0 Å². The molecule has 0 atom stereocenters. The van der Waals surface area contributed by atoms with Crippen molar-refractivity contribution in [2.75, 3.05) is 5.32 Å².